The lowest BCUT2D eigenvalue weighted by atomic mass is 10.0. The van der Waals surface area contributed by atoms with Gasteiger partial charge in [-0.1, -0.05) is 280 Å². The number of nitrogens with one attached hydrogen (secondary N) is 1. The molecule has 0 saturated carbocycles. The van der Waals surface area contributed by atoms with Gasteiger partial charge in [-0.05, 0) is 70.6 Å². The van der Waals surface area contributed by atoms with Crippen LogP contribution in [0.3, 0.4) is 0 Å². The van der Waals surface area contributed by atoms with Crippen molar-refractivity contribution in [2.45, 2.75) is 309 Å². The second-order valence-electron chi connectivity index (χ2n) is 19.3. The molecule has 4 heteroatoms. The van der Waals surface area contributed by atoms with Crippen molar-refractivity contribution in [2.24, 2.45) is 0 Å². The lowest BCUT2D eigenvalue weighted by Crippen LogP contribution is -2.45. The van der Waals surface area contributed by atoms with Gasteiger partial charge in [0.1, 0.15) is 0 Å². The van der Waals surface area contributed by atoms with Crippen LogP contribution in [0.5, 0.6) is 0 Å². The van der Waals surface area contributed by atoms with E-state index in [2.05, 4.69) is 67.8 Å². The molecule has 0 bridgehead atoms. The maximum Gasteiger partial charge on any atom is 0.220 e. The largest absolute Gasteiger partial charge is 0.394 e. The summed E-state index contributed by atoms with van der Waals surface area (Å²) >= 11 is 0. The fourth-order valence-electron chi connectivity index (χ4n) is 8.62. The fraction of sp³-hybridized carbons (Fsp3) is 0.817. The average molecular weight is 895 g/mol. The van der Waals surface area contributed by atoms with Crippen LogP contribution in [-0.2, 0) is 4.79 Å². The number of rotatable bonds is 52. The van der Waals surface area contributed by atoms with Crippen molar-refractivity contribution >= 4 is 5.91 Å². The lowest BCUT2D eigenvalue weighted by molar-refractivity contribution is -0.123. The SMILES string of the molecule is CCCCCCC/C=C\C/C=C\C/C=C\CCCCCCCCCCCCCCCCCCCCCCCCC(=O)NC(CO)C(O)/C=C/CC/C=C/CCCCCCCCCCC. The molecule has 3 N–H and O–H groups in total. The van der Waals surface area contributed by atoms with Gasteiger partial charge in [-0.25, -0.2) is 0 Å². The van der Waals surface area contributed by atoms with Crippen LogP contribution in [0.1, 0.15) is 296 Å². The highest BCUT2D eigenvalue weighted by Gasteiger charge is 2.18. The Kier molecular flexibility index (Phi) is 53.8. The van der Waals surface area contributed by atoms with Crippen LogP contribution in [0.15, 0.2) is 60.8 Å². The summed E-state index contributed by atoms with van der Waals surface area (Å²) in [6, 6.07) is -0.638. The molecule has 0 rings (SSSR count). The van der Waals surface area contributed by atoms with Crippen molar-refractivity contribution in [3.63, 3.8) is 0 Å². The molecule has 0 heterocycles. The van der Waals surface area contributed by atoms with Crippen molar-refractivity contribution in [1.29, 1.82) is 0 Å². The summed E-state index contributed by atoms with van der Waals surface area (Å²) in [6.45, 7) is 4.29. The average Bonchev–Trinajstić information content (AvgIpc) is 3.30. The third kappa shape index (κ3) is 51.1. The predicted molar refractivity (Wildman–Crippen MR) is 285 cm³/mol. The predicted octanol–water partition coefficient (Wildman–Crippen LogP) is 18.8. The Morgan fingerprint density at radius 2 is 0.656 bits per heavy atom. The molecule has 0 fully saturated rings. The first-order valence-electron chi connectivity index (χ1n) is 28.5. The molecule has 0 aliphatic heterocycles. The smallest absolute Gasteiger partial charge is 0.220 e. The summed E-state index contributed by atoms with van der Waals surface area (Å²) in [7, 11) is 0. The highest BCUT2D eigenvalue weighted by Crippen LogP contribution is 2.17. The number of unbranched alkanes of at least 4 members (excludes halogenated alkanes) is 37. The van der Waals surface area contributed by atoms with Crippen LogP contribution in [0.25, 0.3) is 0 Å². The Labute approximate surface area is 400 Å². The Morgan fingerprint density at radius 1 is 0.375 bits per heavy atom. The third-order valence-electron chi connectivity index (χ3n) is 13.0. The second kappa shape index (κ2) is 55.4. The molecule has 0 aromatic carbocycles. The van der Waals surface area contributed by atoms with Crippen molar-refractivity contribution in [2.75, 3.05) is 6.61 Å². The van der Waals surface area contributed by atoms with Crippen LogP contribution >= 0.6 is 0 Å². The minimum absolute atomic E-state index is 0.0709. The van der Waals surface area contributed by atoms with Crippen molar-refractivity contribution in [3.8, 4) is 0 Å². The molecule has 0 spiro atoms. The van der Waals surface area contributed by atoms with E-state index >= 15 is 0 Å². The number of amides is 1. The minimum Gasteiger partial charge on any atom is -0.394 e. The van der Waals surface area contributed by atoms with Gasteiger partial charge >= 0.3 is 0 Å². The molecule has 0 aliphatic rings. The zero-order chi connectivity index (χ0) is 46.3. The van der Waals surface area contributed by atoms with E-state index < -0.39 is 12.1 Å². The standard InChI is InChI=1S/C60H111NO3/c1-3-5-7-9-11-13-15-17-19-20-21-22-23-24-25-26-27-28-29-30-31-32-33-34-35-36-37-38-39-40-42-44-46-48-50-52-54-56-60(64)61-58(57-62)59(63)55-53-51-49-47-45-43-41-18-16-14-12-10-8-6-4-2/h15,17,20-21,23-24,45,47,53,55,58-59,62-63H,3-14,16,18-19,22,25-44,46,48-52,54,56-57H2,1-2H3,(H,61,64)/b17-15-,21-20-,24-23-,47-45+,55-53+. The molecular formula is C60H111NO3. The summed E-state index contributed by atoms with van der Waals surface area (Å²) in [5, 5.41) is 23.1. The van der Waals surface area contributed by atoms with E-state index in [1.165, 1.54) is 231 Å². The maximum absolute atomic E-state index is 12.4. The van der Waals surface area contributed by atoms with Crippen LogP contribution in [0, 0.1) is 0 Å². The number of hydrogen-bond acceptors (Lipinski definition) is 3. The quantitative estimate of drug-likeness (QED) is 0.0421. The molecule has 2 unspecified atom stereocenters. The summed E-state index contributed by atoms with van der Waals surface area (Å²) < 4.78 is 0. The Balaban J connectivity index is 3.45. The molecular weight excluding hydrogens is 783 g/mol. The van der Waals surface area contributed by atoms with Crippen molar-refractivity contribution < 1.29 is 15.0 Å². The van der Waals surface area contributed by atoms with Gasteiger partial charge in [-0.15, -0.1) is 0 Å². The van der Waals surface area contributed by atoms with Gasteiger partial charge in [0, 0.05) is 6.42 Å². The first kappa shape index (κ1) is 62.1. The van der Waals surface area contributed by atoms with Crippen LogP contribution in [0.2, 0.25) is 0 Å². The highest BCUT2D eigenvalue weighted by molar-refractivity contribution is 5.76. The monoisotopic (exact) mass is 894 g/mol. The molecule has 374 valence electrons. The molecule has 0 aromatic heterocycles. The Bertz CT molecular complexity index is 1060. The summed E-state index contributed by atoms with van der Waals surface area (Å²) in [6.07, 6.45) is 78.2. The normalized spacial score (nSPS) is 13.2. The zero-order valence-corrected chi connectivity index (χ0v) is 43.1. The molecule has 0 aromatic rings. The fourth-order valence-corrected chi connectivity index (χ4v) is 8.62. The van der Waals surface area contributed by atoms with Gasteiger partial charge in [-0.2, -0.15) is 0 Å². The lowest BCUT2D eigenvalue weighted by Gasteiger charge is -2.19. The maximum atomic E-state index is 12.4. The van der Waals surface area contributed by atoms with E-state index in [1.54, 1.807) is 6.08 Å². The zero-order valence-electron chi connectivity index (χ0n) is 43.1. The number of aliphatic hydroxyl groups is 2. The van der Waals surface area contributed by atoms with Gasteiger partial charge in [0.05, 0.1) is 18.8 Å². The van der Waals surface area contributed by atoms with E-state index in [-0.39, 0.29) is 12.5 Å². The molecule has 0 radical (unpaired) electrons. The van der Waals surface area contributed by atoms with E-state index in [4.69, 9.17) is 0 Å². The molecule has 4 nitrogen and oxygen atoms in total. The first-order valence-corrected chi connectivity index (χ1v) is 28.5. The number of allylic oxidation sites excluding steroid dienone is 9. The second-order valence-corrected chi connectivity index (χ2v) is 19.3. The molecule has 0 aliphatic carbocycles. The number of carbonyl (C=O) groups is 1. The van der Waals surface area contributed by atoms with E-state index in [9.17, 15) is 15.0 Å². The Hall–Kier alpha value is -1.91. The summed E-state index contributed by atoms with van der Waals surface area (Å²) in [4.78, 5) is 12.4. The Morgan fingerprint density at radius 3 is 1.02 bits per heavy atom. The minimum atomic E-state index is -0.862. The number of carbonyl (C=O) groups excluding carboxylic acids is 1. The van der Waals surface area contributed by atoms with Gasteiger partial charge in [-0.3, -0.25) is 4.79 Å². The molecule has 1 amide bonds. The van der Waals surface area contributed by atoms with E-state index in [1.807, 2.05) is 6.08 Å². The van der Waals surface area contributed by atoms with Crippen LogP contribution < -0.4 is 5.32 Å². The number of aliphatic hydroxyl groups excluding tert-OH is 2. The van der Waals surface area contributed by atoms with Crippen molar-refractivity contribution in [1.82, 2.24) is 5.32 Å². The summed E-state index contributed by atoms with van der Waals surface area (Å²) in [5.74, 6) is -0.0709. The highest BCUT2D eigenvalue weighted by atomic mass is 16.3. The van der Waals surface area contributed by atoms with Crippen LogP contribution in [-0.4, -0.2) is 34.9 Å². The van der Waals surface area contributed by atoms with Gasteiger partial charge < -0.3 is 15.5 Å². The van der Waals surface area contributed by atoms with Gasteiger partial charge in [0.25, 0.3) is 0 Å². The van der Waals surface area contributed by atoms with E-state index in [0.717, 1.165) is 44.9 Å². The topological polar surface area (TPSA) is 69.6 Å². The first-order chi connectivity index (χ1) is 31.7. The van der Waals surface area contributed by atoms with E-state index in [0.29, 0.717) is 6.42 Å². The third-order valence-corrected chi connectivity index (χ3v) is 13.0. The van der Waals surface area contributed by atoms with Gasteiger partial charge in [0.15, 0.2) is 0 Å². The number of hydrogen-bond donors (Lipinski definition) is 3. The molecule has 2 atom stereocenters. The molecule has 0 saturated heterocycles. The summed E-state index contributed by atoms with van der Waals surface area (Å²) in [5.41, 5.74) is 0. The van der Waals surface area contributed by atoms with Crippen LogP contribution in [0.4, 0.5) is 0 Å². The molecule has 64 heavy (non-hydrogen) atoms. The van der Waals surface area contributed by atoms with Gasteiger partial charge in [0.2, 0.25) is 5.91 Å². The van der Waals surface area contributed by atoms with Crippen molar-refractivity contribution in [3.05, 3.63) is 60.8 Å².